The van der Waals surface area contributed by atoms with E-state index in [9.17, 15) is 10.1 Å². The maximum Gasteiger partial charge on any atom is 0.269 e. The van der Waals surface area contributed by atoms with Gasteiger partial charge in [0.1, 0.15) is 10.8 Å². The molecule has 0 amide bonds. The Balaban J connectivity index is 1.92. The van der Waals surface area contributed by atoms with E-state index in [0.29, 0.717) is 23.8 Å². The summed E-state index contributed by atoms with van der Waals surface area (Å²) in [5.74, 6) is 0.466. The molecular formula is C12H10Cl2N4O2. The molecule has 0 unspecified atom stereocenters. The molecule has 0 bridgehead atoms. The van der Waals surface area contributed by atoms with Crippen molar-refractivity contribution in [2.75, 3.05) is 11.9 Å². The van der Waals surface area contributed by atoms with Gasteiger partial charge >= 0.3 is 0 Å². The topological polar surface area (TPSA) is 81.0 Å². The molecule has 1 N–H and O–H groups in total. The van der Waals surface area contributed by atoms with Crippen molar-refractivity contribution >= 4 is 34.7 Å². The zero-order chi connectivity index (χ0) is 14.5. The van der Waals surface area contributed by atoms with E-state index in [2.05, 4.69) is 15.3 Å². The minimum Gasteiger partial charge on any atom is -0.368 e. The van der Waals surface area contributed by atoms with Gasteiger partial charge in [0.15, 0.2) is 0 Å². The third-order valence-corrected chi connectivity index (χ3v) is 3.03. The van der Waals surface area contributed by atoms with Crippen LogP contribution in [0.25, 0.3) is 0 Å². The maximum absolute atomic E-state index is 10.5. The van der Waals surface area contributed by atoms with Gasteiger partial charge in [-0.15, -0.1) is 0 Å². The molecule has 0 fully saturated rings. The maximum atomic E-state index is 10.5. The molecule has 0 saturated heterocycles. The van der Waals surface area contributed by atoms with Crippen molar-refractivity contribution in [2.24, 2.45) is 0 Å². The number of benzene rings is 1. The average molecular weight is 313 g/mol. The number of aromatic nitrogens is 2. The Labute approximate surface area is 124 Å². The fourth-order valence-corrected chi connectivity index (χ4v) is 1.87. The van der Waals surface area contributed by atoms with Crippen molar-refractivity contribution < 1.29 is 4.92 Å². The summed E-state index contributed by atoms with van der Waals surface area (Å²) in [6.07, 6.45) is 2.10. The Morgan fingerprint density at radius 1 is 1.25 bits per heavy atom. The Hall–Kier alpha value is -1.92. The second kappa shape index (κ2) is 6.49. The lowest BCUT2D eigenvalue weighted by atomic mass is 10.1. The van der Waals surface area contributed by atoms with Crippen molar-refractivity contribution in [1.29, 1.82) is 0 Å². The largest absolute Gasteiger partial charge is 0.368 e. The molecule has 0 saturated carbocycles. The Morgan fingerprint density at radius 3 is 2.60 bits per heavy atom. The predicted octanol–water partition coefficient (Wildman–Crippen LogP) is 3.35. The van der Waals surface area contributed by atoms with Crippen LogP contribution < -0.4 is 5.32 Å². The molecule has 8 heteroatoms. The smallest absolute Gasteiger partial charge is 0.269 e. The van der Waals surface area contributed by atoms with Gasteiger partial charge in [0.2, 0.25) is 5.28 Å². The highest BCUT2D eigenvalue weighted by Crippen LogP contribution is 2.19. The van der Waals surface area contributed by atoms with E-state index in [0.717, 1.165) is 5.56 Å². The fourth-order valence-electron chi connectivity index (χ4n) is 1.58. The highest BCUT2D eigenvalue weighted by atomic mass is 35.5. The number of anilines is 1. The summed E-state index contributed by atoms with van der Waals surface area (Å²) in [5, 5.41) is 14.1. The third kappa shape index (κ3) is 3.79. The molecule has 1 aromatic carbocycles. The molecule has 1 aromatic heterocycles. The van der Waals surface area contributed by atoms with Crippen molar-refractivity contribution in [2.45, 2.75) is 6.42 Å². The summed E-state index contributed by atoms with van der Waals surface area (Å²) in [5.41, 5.74) is 1.05. The zero-order valence-electron chi connectivity index (χ0n) is 10.2. The first-order chi connectivity index (χ1) is 9.56. The lowest BCUT2D eigenvalue weighted by Gasteiger charge is -2.07. The number of hydrogen-bond donors (Lipinski definition) is 1. The molecule has 1 heterocycles. The number of rotatable bonds is 5. The fraction of sp³-hybridized carbons (Fsp3) is 0.167. The van der Waals surface area contributed by atoms with E-state index in [1.807, 2.05) is 0 Å². The van der Waals surface area contributed by atoms with E-state index < -0.39 is 4.92 Å². The first-order valence-corrected chi connectivity index (χ1v) is 6.47. The molecule has 6 nitrogen and oxygen atoms in total. The van der Waals surface area contributed by atoms with Gasteiger partial charge in [0.25, 0.3) is 5.69 Å². The van der Waals surface area contributed by atoms with Crippen LogP contribution in [0.1, 0.15) is 5.56 Å². The first-order valence-electron chi connectivity index (χ1n) is 5.71. The SMILES string of the molecule is O=[N+]([O-])c1ccc(CCNc2nc(Cl)ncc2Cl)cc1. The van der Waals surface area contributed by atoms with Crippen LogP contribution in [0, 0.1) is 10.1 Å². The number of hydrogen-bond acceptors (Lipinski definition) is 5. The van der Waals surface area contributed by atoms with Gasteiger partial charge in [-0.1, -0.05) is 23.7 Å². The van der Waals surface area contributed by atoms with E-state index in [1.165, 1.54) is 18.3 Å². The zero-order valence-corrected chi connectivity index (χ0v) is 11.7. The molecule has 0 spiro atoms. The highest BCUT2D eigenvalue weighted by molar-refractivity contribution is 6.33. The van der Waals surface area contributed by atoms with E-state index in [-0.39, 0.29) is 11.0 Å². The monoisotopic (exact) mass is 312 g/mol. The van der Waals surface area contributed by atoms with Gasteiger partial charge in [0, 0.05) is 18.7 Å². The lowest BCUT2D eigenvalue weighted by molar-refractivity contribution is -0.384. The van der Waals surface area contributed by atoms with Crippen molar-refractivity contribution in [3.63, 3.8) is 0 Å². The minimum atomic E-state index is -0.426. The summed E-state index contributed by atoms with van der Waals surface area (Å²) in [6, 6.07) is 6.39. The van der Waals surface area contributed by atoms with Gasteiger partial charge in [-0.3, -0.25) is 10.1 Å². The normalized spacial score (nSPS) is 10.3. The van der Waals surface area contributed by atoms with Crippen LogP contribution in [0.4, 0.5) is 11.5 Å². The molecule has 0 aliphatic carbocycles. The quantitative estimate of drug-likeness (QED) is 0.520. The summed E-state index contributed by atoms with van der Waals surface area (Å²) < 4.78 is 0. The summed E-state index contributed by atoms with van der Waals surface area (Å²) in [4.78, 5) is 17.8. The predicted molar refractivity (Wildman–Crippen MR) is 77.3 cm³/mol. The molecule has 0 aliphatic heterocycles. The summed E-state index contributed by atoms with van der Waals surface area (Å²) >= 11 is 11.6. The lowest BCUT2D eigenvalue weighted by Crippen LogP contribution is -2.07. The van der Waals surface area contributed by atoms with Gasteiger partial charge in [0.05, 0.1) is 11.1 Å². The van der Waals surface area contributed by atoms with Crippen LogP contribution in [0.5, 0.6) is 0 Å². The van der Waals surface area contributed by atoms with Crippen LogP contribution in [-0.4, -0.2) is 21.4 Å². The molecule has 2 aromatic rings. The first kappa shape index (κ1) is 14.5. The Bertz CT molecular complexity index is 619. The number of nitro benzene ring substituents is 1. The van der Waals surface area contributed by atoms with Gasteiger partial charge < -0.3 is 5.32 Å². The number of nitrogens with zero attached hydrogens (tertiary/aromatic N) is 3. The van der Waals surface area contributed by atoms with Crippen LogP contribution in [-0.2, 0) is 6.42 Å². The molecule has 0 radical (unpaired) electrons. The van der Waals surface area contributed by atoms with Crippen LogP contribution in [0.3, 0.4) is 0 Å². The molecule has 104 valence electrons. The number of nitrogens with one attached hydrogen (secondary N) is 1. The van der Waals surface area contributed by atoms with Crippen molar-refractivity contribution in [3.8, 4) is 0 Å². The number of non-ortho nitro benzene ring substituents is 1. The van der Waals surface area contributed by atoms with Gasteiger partial charge in [-0.25, -0.2) is 4.98 Å². The second-order valence-electron chi connectivity index (χ2n) is 3.94. The summed E-state index contributed by atoms with van der Waals surface area (Å²) in [7, 11) is 0. The van der Waals surface area contributed by atoms with E-state index >= 15 is 0 Å². The van der Waals surface area contributed by atoms with Gasteiger partial charge in [-0.05, 0) is 23.6 Å². The minimum absolute atomic E-state index is 0.0762. The molecule has 2 rings (SSSR count). The van der Waals surface area contributed by atoms with Crippen LogP contribution in [0.15, 0.2) is 30.5 Å². The molecule has 0 atom stereocenters. The van der Waals surface area contributed by atoms with Crippen molar-refractivity contribution in [1.82, 2.24) is 9.97 Å². The van der Waals surface area contributed by atoms with Crippen LogP contribution >= 0.6 is 23.2 Å². The Morgan fingerprint density at radius 2 is 1.95 bits per heavy atom. The second-order valence-corrected chi connectivity index (χ2v) is 4.68. The molecule has 20 heavy (non-hydrogen) atoms. The molecule has 0 aliphatic rings. The average Bonchev–Trinajstić information content (AvgIpc) is 2.43. The third-order valence-electron chi connectivity index (χ3n) is 2.57. The van der Waals surface area contributed by atoms with E-state index in [4.69, 9.17) is 23.2 Å². The van der Waals surface area contributed by atoms with Gasteiger partial charge in [-0.2, -0.15) is 4.98 Å². The van der Waals surface area contributed by atoms with E-state index in [1.54, 1.807) is 12.1 Å². The molecular weight excluding hydrogens is 303 g/mol. The standard InChI is InChI=1S/C12H10Cl2N4O2/c13-10-7-16-12(14)17-11(10)15-6-5-8-1-3-9(4-2-8)18(19)20/h1-4,7H,5-6H2,(H,15,16,17). The van der Waals surface area contributed by atoms with Crippen LogP contribution in [0.2, 0.25) is 10.3 Å². The summed E-state index contributed by atoms with van der Waals surface area (Å²) in [6.45, 7) is 0.574. The number of nitro groups is 1. The number of halogens is 2. The highest BCUT2D eigenvalue weighted by Gasteiger charge is 2.05. The Kier molecular flexibility index (Phi) is 4.70. The van der Waals surface area contributed by atoms with Crippen molar-refractivity contribution in [3.05, 3.63) is 56.4 Å².